The summed E-state index contributed by atoms with van der Waals surface area (Å²) in [6, 6.07) is 2.40. The quantitative estimate of drug-likeness (QED) is 0.574. The van der Waals surface area contributed by atoms with E-state index in [9.17, 15) is 9.59 Å². The number of aromatic amines is 1. The number of aromatic nitrogens is 1. The minimum Gasteiger partial charge on any atom is -0.503 e. The van der Waals surface area contributed by atoms with Gasteiger partial charge in [-0.15, -0.1) is 0 Å². The SMILES string of the molecule is COC(=O)c1ccc(O)c(=O)[nH]1. The van der Waals surface area contributed by atoms with Crippen molar-refractivity contribution in [3.05, 3.63) is 28.2 Å². The smallest absolute Gasteiger partial charge is 0.354 e. The van der Waals surface area contributed by atoms with Crippen LogP contribution in [0.2, 0.25) is 0 Å². The maximum atomic E-state index is 10.8. The monoisotopic (exact) mass is 169 g/mol. The summed E-state index contributed by atoms with van der Waals surface area (Å²) in [5.41, 5.74) is -0.696. The molecule has 2 N–H and O–H groups in total. The van der Waals surface area contributed by atoms with E-state index in [-0.39, 0.29) is 5.69 Å². The van der Waals surface area contributed by atoms with E-state index < -0.39 is 17.3 Å². The van der Waals surface area contributed by atoms with E-state index in [0.29, 0.717) is 0 Å². The number of carbonyl (C=O) groups is 1. The second-order valence-corrected chi connectivity index (χ2v) is 2.08. The van der Waals surface area contributed by atoms with Crippen molar-refractivity contribution in [2.24, 2.45) is 0 Å². The van der Waals surface area contributed by atoms with Crippen LogP contribution >= 0.6 is 0 Å². The molecule has 0 amide bonds. The van der Waals surface area contributed by atoms with E-state index in [1.807, 2.05) is 0 Å². The number of hydrogen-bond donors (Lipinski definition) is 2. The summed E-state index contributed by atoms with van der Waals surface area (Å²) in [4.78, 5) is 23.7. The first-order valence-electron chi connectivity index (χ1n) is 3.15. The fraction of sp³-hybridized carbons (Fsp3) is 0.143. The van der Waals surface area contributed by atoms with Crippen LogP contribution in [0.4, 0.5) is 0 Å². The molecule has 1 aromatic rings. The molecule has 1 aromatic heterocycles. The molecule has 0 bridgehead atoms. The highest BCUT2D eigenvalue weighted by molar-refractivity contribution is 5.87. The molecule has 0 saturated heterocycles. The Balaban J connectivity index is 3.13. The number of esters is 1. The molecule has 0 aromatic carbocycles. The van der Waals surface area contributed by atoms with Crippen molar-refractivity contribution in [2.75, 3.05) is 7.11 Å². The van der Waals surface area contributed by atoms with Gasteiger partial charge in [-0.25, -0.2) is 4.79 Å². The first-order valence-corrected chi connectivity index (χ1v) is 3.15. The van der Waals surface area contributed by atoms with Crippen molar-refractivity contribution < 1.29 is 14.6 Å². The number of ether oxygens (including phenoxy) is 1. The molecule has 0 spiro atoms. The number of H-pyrrole nitrogens is 1. The van der Waals surface area contributed by atoms with Gasteiger partial charge >= 0.3 is 5.97 Å². The van der Waals surface area contributed by atoms with Crippen LogP contribution in [0.15, 0.2) is 16.9 Å². The van der Waals surface area contributed by atoms with Gasteiger partial charge in [0.1, 0.15) is 5.69 Å². The molecule has 1 heterocycles. The summed E-state index contributed by atoms with van der Waals surface area (Å²) in [6.07, 6.45) is 0. The molecule has 5 heteroatoms. The first kappa shape index (κ1) is 8.32. The van der Waals surface area contributed by atoms with Crippen molar-refractivity contribution in [1.29, 1.82) is 0 Å². The zero-order chi connectivity index (χ0) is 9.14. The van der Waals surface area contributed by atoms with E-state index in [2.05, 4.69) is 9.72 Å². The summed E-state index contributed by atoms with van der Waals surface area (Å²) in [5, 5.41) is 8.80. The third-order valence-electron chi connectivity index (χ3n) is 1.29. The zero-order valence-corrected chi connectivity index (χ0v) is 6.33. The molecule has 12 heavy (non-hydrogen) atoms. The molecule has 0 unspecified atom stereocenters. The summed E-state index contributed by atoms with van der Waals surface area (Å²) in [5.74, 6) is -1.07. The van der Waals surface area contributed by atoms with Crippen molar-refractivity contribution in [3.8, 4) is 5.75 Å². The van der Waals surface area contributed by atoms with Gasteiger partial charge in [-0.2, -0.15) is 0 Å². The lowest BCUT2D eigenvalue weighted by Crippen LogP contribution is -2.12. The number of carbonyl (C=O) groups excluding carboxylic acids is 1. The Morgan fingerprint density at radius 2 is 2.25 bits per heavy atom. The molecule has 64 valence electrons. The average molecular weight is 169 g/mol. The van der Waals surface area contributed by atoms with Gasteiger partial charge in [0.05, 0.1) is 7.11 Å². The number of aromatic hydroxyl groups is 1. The molecule has 5 nitrogen and oxygen atoms in total. The van der Waals surface area contributed by atoms with Crippen LogP contribution in [-0.4, -0.2) is 23.2 Å². The molecule has 0 saturated carbocycles. The van der Waals surface area contributed by atoms with E-state index in [0.717, 1.165) is 6.07 Å². The lowest BCUT2D eigenvalue weighted by atomic mass is 10.3. The van der Waals surface area contributed by atoms with E-state index in [4.69, 9.17) is 5.11 Å². The number of pyridine rings is 1. The van der Waals surface area contributed by atoms with Gasteiger partial charge < -0.3 is 14.8 Å². The molecule has 0 atom stereocenters. The zero-order valence-electron chi connectivity index (χ0n) is 6.33. The van der Waals surface area contributed by atoms with Crippen LogP contribution < -0.4 is 5.56 Å². The highest BCUT2D eigenvalue weighted by Gasteiger charge is 2.06. The van der Waals surface area contributed by atoms with Crippen LogP contribution in [0.3, 0.4) is 0 Å². The topological polar surface area (TPSA) is 79.4 Å². The summed E-state index contributed by atoms with van der Waals surface area (Å²) in [7, 11) is 1.20. The molecule has 0 fully saturated rings. The molecule has 0 aliphatic rings. The molecule has 1 rings (SSSR count). The van der Waals surface area contributed by atoms with Crippen molar-refractivity contribution in [1.82, 2.24) is 4.98 Å². The Morgan fingerprint density at radius 1 is 1.58 bits per heavy atom. The predicted molar refractivity (Wildman–Crippen MR) is 40.1 cm³/mol. The van der Waals surface area contributed by atoms with Crippen LogP contribution in [0, 0.1) is 0 Å². The molecule has 0 aliphatic carbocycles. The van der Waals surface area contributed by atoms with Crippen LogP contribution in [0.25, 0.3) is 0 Å². The van der Waals surface area contributed by atoms with Crippen molar-refractivity contribution in [2.45, 2.75) is 0 Å². The lowest BCUT2D eigenvalue weighted by molar-refractivity contribution is 0.0593. The van der Waals surface area contributed by atoms with Crippen LogP contribution in [-0.2, 0) is 4.74 Å². The number of methoxy groups -OCH3 is 1. The van der Waals surface area contributed by atoms with Crippen LogP contribution in [0.5, 0.6) is 5.75 Å². The van der Waals surface area contributed by atoms with Crippen molar-refractivity contribution in [3.63, 3.8) is 0 Å². The second kappa shape index (κ2) is 3.08. The van der Waals surface area contributed by atoms with Gasteiger partial charge in [-0.05, 0) is 12.1 Å². The van der Waals surface area contributed by atoms with Crippen LogP contribution in [0.1, 0.15) is 10.5 Å². The van der Waals surface area contributed by atoms with Gasteiger partial charge in [0, 0.05) is 0 Å². The number of hydrogen-bond acceptors (Lipinski definition) is 4. The molecule has 0 aliphatic heterocycles. The highest BCUT2D eigenvalue weighted by Crippen LogP contribution is 2.00. The molecular weight excluding hydrogens is 162 g/mol. The van der Waals surface area contributed by atoms with Gasteiger partial charge in [0.15, 0.2) is 5.75 Å². The second-order valence-electron chi connectivity index (χ2n) is 2.08. The van der Waals surface area contributed by atoms with E-state index in [1.54, 1.807) is 0 Å². The van der Waals surface area contributed by atoms with Crippen molar-refractivity contribution >= 4 is 5.97 Å². The lowest BCUT2D eigenvalue weighted by Gasteiger charge is -1.97. The summed E-state index contributed by atoms with van der Waals surface area (Å²) >= 11 is 0. The normalized spacial score (nSPS) is 9.42. The maximum absolute atomic E-state index is 10.8. The van der Waals surface area contributed by atoms with Gasteiger partial charge in [-0.3, -0.25) is 4.79 Å². The fourth-order valence-corrected chi connectivity index (χ4v) is 0.695. The summed E-state index contributed by atoms with van der Waals surface area (Å²) < 4.78 is 4.34. The maximum Gasteiger partial charge on any atom is 0.354 e. The average Bonchev–Trinajstić information content (AvgIpc) is 2.08. The largest absolute Gasteiger partial charge is 0.503 e. The number of rotatable bonds is 1. The molecular formula is C7H7NO4. The minimum absolute atomic E-state index is 0.0142. The van der Waals surface area contributed by atoms with E-state index in [1.165, 1.54) is 13.2 Å². The Kier molecular flexibility index (Phi) is 2.14. The Bertz CT molecular complexity index is 355. The van der Waals surface area contributed by atoms with Gasteiger partial charge in [-0.1, -0.05) is 0 Å². The highest BCUT2D eigenvalue weighted by atomic mass is 16.5. The number of nitrogens with one attached hydrogen (secondary N) is 1. The Morgan fingerprint density at radius 3 is 2.75 bits per heavy atom. The predicted octanol–water partition coefficient (Wildman–Crippen LogP) is -0.133. The van der Waals surface area contributed by atoms with E-state index >= 15 is 0 Å². The van der Waals surface area contributed by atoms with Gasteiger partial charge in [0.25, 0.3) is 5.56 Å². The van der Waals surface area contributed by atoms with Gasteiger partial charge in [0.2, 0.25) is 0 Å². The Labute approximate surface area is 67.6 Å². The minimum atomic E-state index is -0.710. The fourth-order valence-electron chi connectivity index (χ4n) is 0.695. The third-order valence-corrected chi connectivity index (χ3v) is 1.29. The first-order chi connectivity index (χ1) is 5.65. The Hall–Kier alpha value is -1.78. The third kappa shape index (κ3) is 1.45. The summed E-state index contributed by atoms with van der Waals surface area (Å²) in [6.45, 7) is 0. The standard InChI is InChI=1S/C7H7NO4/c1-12-7(11)4-2-3-5(9)6(10)8-4/h2-3,9H,1H3,(H,8,10). The molecule has 0 radical (unpaired) electrons.